The van der Waals surface area contributed by atoms with Gasteiger partial charge in [-0.1, -0.05) is 28.9 Å². The van der Waals surface area contributed by atoms with Crippen LogP contribution in [0.5, 0.6) is 0 Å². The number of furan rings is 1. The van der Waals surface area contributed by atoms with Gasteiger partial charge in [0.1, 0.15) is 11.6 Å². The summed E-state index contributed by atoms with van der Waals surface area (Å²) in [6, 6.07) is 7.24. The maximum atomic E-state index is 14.0. The van der Waals surface area contributed by atoms with E-state index in [2.05, 4.69) is 28.2 Å². The average Bonchev–Trinajstić information content (AvgIpc) is 2.83. The highest BCUT2D eigenvalue weighted by Crippen LogP contribution is 2.25. The molecule has 0 radical (unpaired) electrons. The third-order valence-corrected chi connectivity index (χ3v) is 3.85. The maximum absolute atomic E-state index is 14.0. The van der Waals surface area contributed by atoms with Crippen molar-refractivity contribution >= 4 is 15.9 Å². The number of hydrogen-bond acceptors (Lipinski definition) is 2. The third-order valence-electron chi connectivity index (χ3n) is 3.35. The topological polar surface area (TPSA) is 25.2 Å². The molecule has 0 amide bonds. The highest BCUT2D eigenvalue weighted by molar-refractivity contribution is 9.10. The monoisotopic (exact) mass is 339 g/mol. The Kier molecular flexibility index (Phi) is 5.38. The number of aryl methyl sites for hydroxylation is 1. The third kappa shape index (κ3) is 3.70. The number of halogens is 2. The highest BCUT2D eigenvalue weighted by atomic mass is 79.9. The average molecular weight is 340 g/mol. The molecular formula is C16H19BrFNO. The van der Waals surface area contributed by atoms with Gasteiger partial charge in [0.25, 0.3) is 0 Å². The normalized spacial score (nSPS) is 12.6. The van der Waals surface area contributed by atoms with Crippen LogP contribution in [-0.4, -0.2) is 6.54 Å². The molecule has 2 rings (SSSR count). The standard InChI is InChI=1S/C16H19BrFNO/c1-3-7-19-16(14-6-8-20-11(14)2)9-12-4-5-13(17)10-15(12)18/h4-6,8,10,16,19H,3,7,9H2,1-2H3. The smallest absolute Gasteiger partial charge is 0.127 e. The molecule has 1 aromatic carbocycles. The van der Waals surface area contributed by atoms with E-state index in [9.17, 15) is 4.39 Å². The zero-order valence-corrected chi connectivity index (χ0v) is 13.3. The number of benzene rings is 1. The molecule has 0 aliphatic carbocycles. The lowest BCUT2D eigenvalue weighted by Gasteiger charge is -2.18. The first-order chi connectivity index (χ1) is 9.61. The zero-order valence-electron chi connectivity index (χ0n) is 11.7. The molecule has 0 saturated carbocycles. The summed E-state index contributed by atoms with van der Waals surface area (Å²) in [5.41, 5.74) is 1.81. The molecule has 0 aliphatic rings. The molecule has 1 heterocycles. The van der Waals surface area contributed by atoms with E-state index in [1.54, 1.807) is 6.26 Å². The molecule has 0 fully saturated rings. The van der Waals surface area contributed by atoms with Crippen LogP contribution < -0.4 is 5.32 Å². The van der Waals surface area contributed by atoms with Crippen LogP contribution in [0.25, 0.3) is 0 Å². The molecule has 0 spiro atoms. The van der Waals surface area contributed by atoms with Gasteiger partial charge < -0.3 is 9.73 Å². The van der Waals surface area contributed by atoms with E-state index in [1.807, 2.05) is 25.1 Å². The summed E-state index contributed by atoms with van der Waals surface area (Å²) in [6.45, 7) is 4.95. The number of rotatable bonds is 6. The molecule has 1 atom stereocenters. The van der Waals surface area contributed by atoms with Gasteiger partial charge in [0.15, 0.2) is 0 Å². The van der Waals surface area contributed by atoms with Crippen LogP contribution in [0.15, 0.2) is 39.4 Å². The summed E-state index contributed by atoms with van der Waals surface area (Å²) in [7, 11) is 0. The Morgan fingerprint density at radius 2 is 2.15 bits per heavy atom. The lowest BCUT2D eigenvalue weighted by atomic mass is 9.99. The Morgan fingerprint density at radius 3 is 2.75 bits per heavy atom. The van der Waals surface area contributed by atoms with Crippen molar-refractivity contribution in [3.63, 3.8) is 0 Å². The molecule has 0 bridgehead atoms. The molecule has 4 heteroatoms. The van der Waals surface area contributed by atoms with E-state index >= 15 is 0 Å². The Labute approximate surface area is 127 Å². The molecule has 0 aliphatic heterocycles. The van der Waals surface area contributed by atoms with Crippen molar-refractivity contribution in [2.24, 2.45) is 0 Å². The predicted octanol–water partition coefficient (Wildman–Crippen LogP) is 4.77. The van der Waals surface area contributed by atoms with E-state index in [-0.39, 0.29) is 11.9 Å². The van der Waals surface area contributed by atoms with E-state index < -0.39 is 0 Å². The van der Waals surface area contributed by atoms with Gasteiger partial charge in [-0.15, -0.1) is 0 Å². The van der Waals surface area contributed by atoms with Crippen LogP contribution in [0.1, 0.15) is 36.3 Å². The highest BCUT2D eigenvalue weighted by Gasteiger charge is 2.17. The summed E-state index contributed by atoms with van der Waals surface area (Å²) >= 11 is 3.28. The molecule has 1 unspecified atom stereocenters. The Hall–Kier alpha value is -1.13. The minimum absolute atomic E-state index is 0.0735. The molecular weight excluding hydrogens is 321 g/mol. The lowest BCUT2D eigenvalue weighted by Crippen LogP contribution is -2.24. The fraction of sp³-hybridized carbons (Fsp3) is 0.375. The zero-order chi connectivity index (χ0) is 14.5. The van der Waals surface area contributed by atoms with Gasteiger partial charge in [-0.25, -0.2) is 4.39 Å². The number of nitrogens with one attached hydrogen (secondary N) is 1. The number of hydrogen-bond donors (Lipinski definition) is 1. The summed E-state index contributed by atoms with van der Waals surface area (Å²) in [5.74, 6) is 0.708. The molecule has 108 valence electrons. The molecule has 2 nitrogen and oxygen atoms in total. The van der Waals surface area contributed by atoms with Crippen LogP contribution in [0.4, 0.5) is 4.39 Å². The maximum Gasteiger partial charge on any atom is 0.127 e. The van der Waals surface area contributed by atoms with Crippen LogP contribution in [0.3, 0.4) is 0 Å². The predicted molar refractivity (Wildman–Crippen MR) is 82.3 cm³/mol. The SMILES string of the molecule is CCCNC(Cc1ccc(Br)cc1F)c1ccoc1C. The van der Waals surface area contributed by atoms with Crippen LogP contribution >= 0.6 is 15.9 Å². The Morgan fingerprint density at radius 1 is 1.35 bits per heavy atom. The summed E-state index contributed by atoms with van der Waals surface area (Å²) < 4.78 is 20.1. The molecule has 1 N–H and O–H groups in total. The van der Waals surface area contributed by atoms with Crippen molar-refractivity contribution in [3.05, 3.63) is 57.7 Å². The minimum Gasteiger partial charge on any atom is -0.469 e. The van der Waals surface area contributed by atoms with Crippen LogP contribution in [-0.2, 0) is 6.42 Å². The first-order valence-electron chi connectivity index (χ1n) is 6.83. The van der Waals surface area contributed by atoms with Crippen molar-refractivity contribution in [1.29, 1.82) is 0 Å². The second-order valence-electron chi connectivity index (χ2n) is 4.88. The largest absolute Gasteiger partial charge is 0.469 e. The molecule has 2 aromatic rings. The van der Waals surface area contributed by atoms with Gasteiger partial charge in [-0.2, -0.15) is 0 Å². The summed E-state index contributed by atoms with van der Waals surface area (Å²) in [4.78, 5) is 0. The van der Waals surface area contributed by atoms with Crippen LogP contribution in [0, 0.1) is 12.7 Å². The van der Waals surface area contributed by atoms with Crippen molar-refractivity contribution in [2.45, 2.75) is 32.7 Å². The Bertz CT molecular complexity index is 567. The first-order valence-corrected chi connectivity index (χ1v) is 7.62. The first kappa shape index (κ1) is 15.3. The van der Waals surface area contributed by atoms with Gasteiger partial charge in [-0.3, -0.25) is 0 Å². The van der Waals surface area contributed by atoms with E-state index in [0.29, 0.717) is 12.0 Å². The van der Waals surface area contributed by atoms with Crippen molar-refractivity contribution < 1.29 is 8.81 Å². The van der Waals surface area contributed by atoms with Crippen molar-refractivity contribution in [1.82, 2.24) is 5.32 Å². The van der Waals surface area contributed by atoms with Crippen molar-refractivity contribution in [3.8, 4) is 0 Å². The summed E-state index contributed by atoms with van der Waals surface area (Å²) in [5, 5.41) is 3.46. The summed E-state index contributed by atoms with van der Waals surface area (Å²) in [6.07, 6.45) is 3.33. The molecule has 0 saturated heterocycles. The molecule has 20 heavy (non-hydrogen) atoms. The van der Waals surface area contributed by atoms with E-state index in [0.717, 1.165) is 28.8 Å². The van der Waals surface area contributed by atoms with Gasteiger partial charge in [0.2, 0.25) is 0 Å². The second kappa shape index (κ2) is 7.04. The van der Waals surface area contributed by atoms with Gasteiger partial charge in [0, 0.05) is 16.1 Å². The fourth-order valence-corrected chi connectivity index (χ4v) is 2.61. The lowest BCUT2D eigenvalue weighted by molar-refractivity contribution is 0.486. The minimum atomic E-state index is -0.177. The second-order valence-corrected chi connectivity index (χ2v) is 5.79. The molecule has 1 aromatic heterocycles. The fourth-order valence-electron chi connectivity index (χ4n) is 2.27. The van der Waals surface area contributed by atoms with Crippen LogP contribution in [0.2, 0.25) is 0 Å². The van der Waals surface area contributed by atoms with Gasteiger partial charge in [-0.05, 0) is 50.1 Å². The van der Waals surface area contributed by atoms with E-state index in [1.165, 1.54) is 6.07 Å². The van der Waals surface area contributed by atoms with E-state index in [4.69, 9.17) is 4.42 Å². The van der Waals surface area contributed by atoms with Gasteiger partial charge >= 0.3 is 0 Å². The van der Waals surface area contributed by atoms with Crippen molar-refractivity contribution in [2.75, 3.05) is 6.54 Å². The van der Waals surface area contributed by atoms with Gasteiger partial charge in [0.05, 0.1) is 6.26 Å². The Balaban J connectivity index is 2.21. The quantitative estimate of drug-likeness (QED) is 0.819.